The van der Waals surface area contributed by atoms with E-state index in [2.05, 4.69) is 4.98 Å². The summed E-state index contributed by atoms with van der Waals surface area (Å²) in [7, 11) is 0. The number of carbonyl (C=O) groups excluding carboxylic acids is 1. The van der Waals surface area contributed by atoms with Crippen LogP contribution in [0, 0.1) is 5.92 Å². The second-order valence-electron chi connectivity index (χ2n) is 9.09. The van der Waals surface area contributed by atoms with Crippen molar-refractivity contribution < 1.29 is 34.0 Å². The van der Waals surface area contributed by atoms with Crippen molar-refractivity contribution in [3.8, 4) is 10.6 Å². The van der Waals surface area contributed by atoms with Crippen molar-refractivity contribution in [2.24, 2.45) is 11.7 Å². The predicted molar refractivity (Wildman–Crippen MR) is 133 cm³/mol. The maximum Gasteiger partial charge on any atom is 0.323 e. The number of thiazole rings is 1. The topological polar surface area (TPSA) is 148 Å². The van der Waals surface area contributed by atoms with Gasteiger partial charge in [-0.2, -0.15) is 0 Å². The lowest BCUT2D eigenvalue weighted by atomic mass is 9.90. The minimum Gasteiger partial charge on any atom is -0.463 e. The second-order valence-corrected chi connectivity index (χ2v) is 10.6. The molecule has 9 nitrogen and oxygen atoms in total. The molecule has 3 aromatic rings. The van der Waals surface area contributed by atoms with Gasteiger partial charge in [0.15, 0.2) is 0 Å². The van der Waals surface area contributed by atoms with Gasteiger partial charge in [0.2, 0.25) is 0 Å². The van der Waals surface area contributed by atoms with Gasteiger partial charge in [0.1, 0.15) is 48.9 Å². The van der Waals surface area contributed by atoms with Gasteiger partial charge >= 0.3 is 5.97 Å². The van der Waals surface area contributed by atoms with Crippen LogP contribution in [0.4, 0.5) is 0 Å². The fourth-order valence-electron chi connectivity index (χ4n) is 3.89. The van der Waals surface area contributed by atoms with Crippen LogP contribution in [-0.4, -0.2) is 63.3 Å². The molecule has 1 aliphatic heterocycles. The van der Waals surface area contributed by atoms with Crippen LogP contribution < -0.4 is 5.73 Å². The van der Waals surface area contributed by atoms with Gasteiger partial charge in [0.05, 0.1) is 16.1 Å². The zero-order valence-electron chi connectivity index (χ0n) is 19.8. The minimum absolute atomic E-state index is 0.129. The average Bonchev–Trinajstić information content (AvgIpc) is 3.55. The molecule has 5 N–H and O–H groups in total. The molecule has 0 bridgehead atoms. The van der Waals surface area contributed by atoms with E-state index in [-0.39, 0.29) is 12.5 Å². The van der Waals surface area contributed by atoms with Crippen molar-refractivity contribution in [3.05, 3.63) is 63.9 Å². The molecule has 194 valence electrons. The van der Waals surface area contributed by atoms with E-state index in [0.717, 1.165) is 21.2 Å². The number of benzene rings is 1. The van der Waals surface area contributed by atoms with E-state index in [1.165, 1.54) is 11.3 Å². The van der Waals surface area contributed by atoms with Crippen molar-refractivity contribution in [2.75, 3.05) is 6.61 Å². The number of carbonyl (C=O) groups is 1. The average molecular weight is 537 g/mol. The summed E-state index contributed by atoms with van der Waals surface area (Å²) >= 11 is 7.92. The fraction of sp³-hybridized carbons (Fsp3) is 0.440. The molecule has 4 rings (SSSR count). The SMILES string of the molecule is CC(C)C(N)C(=O)OC[C@H]1O[C@@H](c2ccc(Cl)c(Cc3ncc(-c4ccco4)s3)c2)[C@H](O)[C@H](O)[C@H]1O. The highest BCUT2D eigenvalue weighted by atomic mass is 35.5. The number of hydrogen-bond donors (Lipinski definition) is 4. The van der Waals surface area contributed by atoms with Crippen LogP contribution in [0.2, 0.25) is 5.02 Å². The molecule has 0 spiro atoms. The summed E-state index contributed by atoms with van der Waals surface area (Å²) in [5.41, 5.74) is 7.11. The molecule has 1 aromatic carbocycles. The van der Waals surface area contributed by atoms with Crippen LogP contribution >= 0.6 is 22.9 Å². The first-order chi connectivity index (χ1) is 17.2. The van der Waals surface area contributed by atoms with Gasteiger partial charge in [-0.1, -0.05) is 37.6 Å². The largest absolute Gasteiger partial charge is 0.463 e. The number of halogens is 1. The maximum atomic E-state index is 12.1. The van der Waals surface area contributed by atoms with Gasteiger partial charge in [-0.05, 0) is 35.2 Å². The Bertz CT molecular complexity index is 1170. The van der Waals surface area contributed by atoms with Crippen LogP contribution in [0.1, 0.15) is 36.1 Å². The number of furan rings is 1. The number of ether oxygens (including phenoxy) is 2. The van der Waals surface area contributed by atoms with Crippen LogP contribution in [0.15, 0.2) is 47.2 Å². The first kappa shape index (κ1) is 26.7. The van der Waals surface area contributed by atoms with Crippen LogP contribution in [0.3, 0.4) is 0 Å². The number of esters is 1. The standard InChI is InChI=1S/C25H29ClN2O7S/c1-12(2)20(27)25(32)34-11-17-21(29)22(30)23(31)24(35-17)13-5-6-15(26)14(8-13)9-19-28-10-18(36-19)16-4-3-7-33-16/h3-8,10,12,17,20-24,29-31H,9,11,27H2,1-2H3/t17-,20?,21+,22-,23-,24+/m1/s1. The van der Waals surface area contributed by atoms with Gasteiger partial charge in [0, 0.05) is 17.6 Å². The minimum atomic E-state index is -1.51. The van der Waals surface area contributed by atoms with Crippen molar-refractivity contribution in [1.82, 2.24) is 4.98 Å². The summed E-state index contributed by atoms with van der Waals surface area (Å²) in [4.78, 5) is 17.5. The van der Waals surface area contributed by atoms with Gasteiger partial charge in [-0.3, -0.25) is 4.79 Å². The number of aliphatic hydroxyl groups excluding tert-OH is 3. The fourth-order valence-corrected chi connectivity index (χ4v) is 4.98. The molecule has 3 heterocycles. The molecule has 0 aliphatic carbocycles. The molecule has 1 aliphatic rings. The molecular formula is C25H29ClN2O7S. The molecule has 1 fully saturated rings. The summed E-state index contributed by atoms with van der Waals surface area (Å²) in [6.07, 6.45) is -2.67. The summed E-state index contributed by atoms with van der Waals surface area (Å²) < 4.78 is 16.6. The van der Waals surface area contributed by atoms with E-state index in [1.807, 2.05) is 12.1 Å². The van der Waals surface area contributed by atoms with Gasteiger partial charge in [0.25, 0.3) is 0 Å². The lowest BCUT2D eigenvalue weighted by molar-refractivity contribution is -0.234. The Kier molecular flexibility index (Phi) is 8.46. The van der Waals surface area contributed by atoms with Crippen molar-refractivity contribution in [3.63, 3.8) is 0 Å². The molecule has 1 unspecified atom stereocenters. The zero-order valence-corrected chi connectivity index (χ0v) is 21.4. The lowest BCUT2D eigenvalue weighted by Gasteiger charge is -2.40. The third-order valence-electron chi connectivity index (χ3n) is 6.15. The van der Waals surface area contributed by atoms with Gasteiger partial charge in [-0.25, -0.2) is 4.98 Å². The van der Waals surface area contributed by atoms with E-state index in [1.54, 1.807) is 44.5 Å². The molecule has 0 amide bonds. The second kappa shape index (κ2) is 11.4. The van der Waals surface area contributed by atoms with E-state index < -0.39 is 42.5 Å². The quantitative estimate of drug-likeness (QED) is 0.319. The highest BCUT2D eigenvalue weighted by Gasteiger charge is 2.45. The van der Waals surface area contributed by atoms with Gasteiger partial charge in [-0.15, -0.1) is 11.3 Å². The predicted octanol–water partition coefficient (Wildman–Crippen LogP) is 2.70. The first-order valence-electron chi connectivity index (χ1n) is 11.5. The molecule has 36 heavy (non-hydrogen) atoms. The molecule has 0 saturated carbocycles. The molecule has 0 radical (unpaired) electrons. The number of hydrogen-bond acceptors (Lipinski definition) is 10. The monoisotopic (exact) mass is 536 g/mol. The third kappa shape index (κ3) is 5.81. The number of aromatic nitrogens is 1. The summed E-state index contributed by atoms with van der Waals surface area (Å²) in [5, 5.41) is 32.9. The van der Waals surface area contributed by atoms with E-state index in [4.69, 9.17) is 31.2 Å². The Morgan fingerprint density at radius 1 is 1.22 bits per heavy atom. The number of nitrogens with two attached hydrogens (primary N) is 1. The van der Waals surface area contributed by atoms with E-state index in [0.29, 0.717) is 17.0 Å². The lowest BCUT2D eigenvalue weighted by Crippen LogP contribution is -2.56. The first-order valence-corrected chi connectivity index (χ1v) is 12.7. The molecule has 11 heteroatoms. The van der Waals surface area contributed by atoms with E-state index >= 15 is 0 Å². The zero-order chi connectivity index (χ0) is 26.0. The highest BCUT2D eigenvalue weighted by molar-refractivity contribution is 7.15. The van der Waals surface area contributed by atoms with Crippen molar-refractivity contribution in [1.29, 1.82) is 0 Å². The Morgan fingerprint density at radius 2 is 2.00 bits per heavy atom. The smallest absolute Gasteiger partial charge is 0.323 e. The van der Waals surface area contributed by atoms with Crippen LogP contribution in [0.5, 0.6) is 0 Å². The van der Waals surface area contributed by atoms with E-state index in [9.17, 15) is 20.1 Å². The number of aliphatic hydroxyl groups is 3. The number of rotatable bonds is 8. The highest BCUT2D eigenvalue weighted by Crippen LogP contribution is 2.35. The normalized spacial score (nSPS) is 25.2. The Balaban J connectivity index is 1.50. The Hall–Kier alpha value is -2.31. The maximum absolute atomic E-state index is 12.1. The summed E-state index contributed by atoms with van der Waals surface area (Å²) in [5.74, 6) is -0.0367. The Morgan fingerprint density at radius 3 is 2.69 bits per heavy atom. The van der Waals surface area contributed by atoms with Crippen molar-refractivity contribution in [2.45, 2.75) is 56.8 Å². The third-order valence-corrected chi connectivity index (χ3v) is 7.53. The Labute approximate surface area is 217 Å². The molecule has 2 aromatic heterocycles. The molecule has 6 atom stereocenters. The van der Waals surface area contributed by atoms with Gasteiger partial charge < -0.3 is 34.9 Å². The summed E-state index contributed by atoms with van der Waals surface area (Å²) in [6, 6.07) is 7.97. The summed E-state index contributed by atoms with van der Waals surface area (Å²) in [6.45, 7) is 3.25. The van der Waals surface area contributed by atoms with Crippen LogP contribution in [-0.2, 0) is 20.7 Å². The molecular weight excluding hydrogens is 508 g/mol. The molecule has 1 saturated heterocycles. The van der Waals surface area contributed by atoms with Crippen LogP contribution in [0.25, 0.3) is 10.6 Å². The number of nitrogens with zero attached hydrogens (tertiary/aromatic N) is 1. The van der Waals surface area contributed by atoms with Crippen molar-refractivity contribution >= 4 is 28.9 Å².